The van der Waals surface area contributed by atoms with Gasteiger partial charge in [0.15, 0.2) is 6.04 Å². The van der Waals surface area contributed by atoms with Crippen molar-refractivity contribution in [3.8, 4) is 0 Å². The van der Waals surface area contributed by atoms with Crippen molar-refractivity contribution >= 4 is 33.5 Å². The van der Waals surface area contributed by atoms with Crippen molar-refractivity contribution in [3.05, 3.63) is 28.7 Å². The summed E-state index contributed by atoms with van der Waals surface area (Å²) >= 11 is 3.22. The number of benzene rings is 1. The fourth-order valence-electron chi connectivity index (χ4n) is 0.898. The molecule has 1 aromatic rings. The molecule has 15 heavy (non-hydrogen) atoms. The van der Waals surface area contributed by atoms with Gasteiger partial charge in [-0.3, -0.25) is 4.79 Å². The second-order valence-corrected chi connectivity index (χ2v) is 3.73. The molecule has 0 fully saturated rings. The fourth-order valence-corrected chi connectivity index (χ4v) is 1.30. The molecule has 1 unspecified atom stereocenters. The standard InChI is InChI=1S/C9H9BrN2O3/c10-5-2-1-3-6(4-5)12-8(13)7(11)9(14)15/h1-4,7H,11H2,(H,12,13)(H,14,15). The fraction of sp³-hybridized carbons (Fsp3) is 0.111. The van der Waals surface area contributed by atoms with Gasteiger partial charge < -0.3 is 16.2 Å². The maximum atomic E-state index is 11.2. The Morgan fingerprint density at radius 3 is 2.67 bits per heavy atom. The maximum absolute atomic E-state index is 11.2. The molecule has 1 amide bonds. The van der Waals surface area contributed by atoms with E-state index in [-0.39, 0.29) is 0 Å². The first-order valence-electron chi connectivity index (χ1n) is 4.05. The predicted octanol–water partition coefficient (Wildman–Crippen LogP) is 0.799. The topological polar surface area (TPSA) is 92.4 Å². The van der Waals surface area contributed by atoms with Gasteiger partial charge in [0.05, 0.1) is 0 Å². The molecule has 0 aromatic heterocycles. The Labute approximate surface area is 94.4 Å². The van der Waals surface area contributed by atoms with Crippen molar-refractivity contribution in [3.63, 3.8) is 0 Å². The summed E-state index contributed by atoms with van der Waals surface area (Å²) in [6.45, 7) is 0. The van der Waals surface area contributed by atoms with E-state index in [1.807, 2.05) is 0 Å². The van der Waals surface area contributed by atoms with E-state index in [2.05, 4.69) is 21.2 Å². The summed E-state index contributed by atoms with van der Waals surface area (Å²) in [4.78, 5) is 21.6. The van der Waals surface area contributed by atoms with Crippen LogP contribution < -0.4 is 11.1 Å². The van der Waals surface area contributed by atoms with E-state index in [1.165, 1.54) is 0 Å². The lowest BCUT2D eigenvalue weighted by Crippen LogP contribution is -2.42. The third-order valence-corrected chi connectivity index (χ3v) is 2.13. The summed E-state index contributed by atoms with van der Waals surface area (Å²) in [5.74, 6) is -2.11. The summed E-state index contributed by atoms with van der Waals surface area (Å²) in [6.07, 6.45) is 0. The van der Waals surface area contributed by atoms with Crippen LogP contribution in [0.15, 0.2) is 28.7 Å². The molecule has 0 aliphatic rings. The molecule has 0 spiro atoms. The van der Waals surface area contributed by atoms with Crippen LogP contribution >= 0.6 is 15.9 Å². The van der Waals surface area contributed by atoms with Gasteiger partial charge in [-0.05, 0) is 18.2 Å². The lowest BCUT2D eigenvalue weighted by atomic mass is 10.2. The lowest BCUT2D eigenvalue weighted by molar-refractivity contribution is -0.141. The maximum Gasteiger partial charge on any atom is 0.330 e. The van der Waals surface area contributed by atoms with Crippen molar-refractivity contribution in [2.75, 3.05) is 5.32 Å². The number of amides is 1. The molecule has 1 atom stereocenters. The Morgan fingerprint density at radius 1 is 1.47 bits per heavy atom. The average molecular weight is 273 g/mol. The van der Waals surface area contributed by atoms with Crippen LogP contribution in [0.4, 0.5) is 5.69 Å². The minimum absolute atomic E-state index is 0.492. The highest BCUT2D eigenvalue weighted by molar-refractivity contribution is 9.10. The Morgan fingerprint density at radius 2 is 2.13 bits per heavy atom. The monoisotopic (exact) mass is 272 g/mol. The van der Waals surface area contributed by atoms with Crippen LogP contribution in [0.3, 0.4) is 0 Å². The predicted molar refractivity (Wildman–Crippen MR) is 58.4 cm³/mol. The van der Waals surface area contributed by atoms with Gasteiger partial charge in [0.1, 0.15) is 0 Å². The third-order valence-electron chi connectivity index (χ3n) is 1.64. The summed E-state index contributed by atoms with van der Waals surface area (Å²) in [6, 6.07) is 5.23. The molecule has 4 N–H and O–H groups in total. The molecule has 5 nitrogen and oxygen atoms in total. The quantitative estimate of drug-likeness (QED) is 0.710. The van der Waals surface area contributed by atoms with E-state index in [0.29, 0.717) is 5.69 Å². The van der Waals surface area contributed by atoms with Gasteiger partial charge >= 0.3 is 5.97 Å². The molecule has 0 heterocycles. The van der Waals surface area contributed by atoms with Crippen molar-refractivity contribution in [1.82, 2.24) is 0 Å². The van der Waals surface area contributed by atoms with E-state index in [0.717, 1.165) is 4.47 Å². The van der Waals surface area contributed by atoms with Gasteiger partial charge in [-0.1, -0.05) is 22.0 Å². The van der Waals surface area contributed by atoms with Crippen LogP contribution in [0.1, 0.15) is 0 Å². The number of hydrogen-bond donors (Lipinski definition) is 3. The third kappa shape index (κ3) is 3.34. The second-order valence-electron chi connectivity index (χ2n) is 2.82. The SMILES string of the molecule is NC(C(=O)O)C(=O)Nc1cccc(Br)c1. The molecule has 0 saturated carbocycles. The number of carbonyl (C=O) groups is 2. The van der Waals surface area contributed by atoms with Crippen LogP contribution in [0.25, 0.3) is 0 Å². The number of carboxylic acid groups (broad SMARTS) is 1. The zero-order chi connectivity index (χ0) is 11.4. The normalized spacial score (nSPS) is 11.9. The zero-order valence-corrected chi connectivity index (χ0v) is 9.19. The van der Waals surface area contributed by atoms with Gasteiger partial charge in [-0.15, -0.1) is 0 Å². The highest BCUT2D eigenvalue weighted by Gasteiger charge is 2.20. The number of hydrogen-bond acceptors (Lipinski definition) is 3. The number of carbonyl (C=O) groups excluding carboxylic acids is 1. The van der Waals surface area contributed by atoms with Crippen molar-refractivity contribution < 1.29 is 14.7 Å². The first-order chi connectivity index (χ1) is 7.00. The van der Waals surface area contributed by atoms with Crippen molar-refractivity contribution in [2.45, 2.75) is 6.04 Å². The van der Waals surface area contributed by atoms with Gasteiger partial charge in [0.25, 0.3) is 5.91 Å². The smallest absolute Gasteiger partial charge is 0.330 e. The number of halogens is 1. The summed E-state index contributed by atoms with van der Waals surface area (Å²) < 4.78 is 0.782. The zero-order valence-electron chi connectivity index (χ0n) is 7.61. The Bertz CT molecular complexity index is 395. The van der Waals surface area contributed by atoms with E-state index in [4.69, 9.17) is 10.8 Å². The highest BCUT2D eigenvalue weighted by Crippen LogP contribution is 2.15. The Hall–Kier alpha value is -1.40. The van der Waals surface area contributed by atoms with E-state index in [1.54, 1.807) is 24.3 Å². The Kier molecular flexibility index (Phi) is 3.81. The Balaban J connectivity index is 2.70. The summed E-state index contributed by atoms with van der Waals surface area (Å²) in [7, 11) is 0. The molecule has 0 bridgehead atoms. The number of anilines is 1. The molecule has 80 valence electrons. The largest absolute Gasteiger partial charge is 0.480 e. The molecule has 0 aliphatic carbocycles. The molecule has 0 saturated heterocycles. The molecule has 6 heteroatoms. The molecule has 0 aliphatic heterocycles. The van der Waals surface area contributed by atoms with Gasteiger partial charge in [-0.25, -0.2) is 4.79 Å². The van der Waals surface area contributed by atoms with Gasteiger partial charge in [0, 0.05) is 10.2 Å². The number of carboxylic acids is 1. The van der Waals surface area contributed by atoms with Crippen LogP contribution in [-0.4, -0.2) is 23.0 Å². The summed E-state index contributed by atoms with van der Waals surface area (Å²) in [5, 5.41) is 10.9. The van der Waals surface area contributed by atoms with Crippen LogP contribution in [0.2, 0.25) is 0 Å². The summed E-state index contributed by atoms with van der Waals surface area (Å²) in [5.41, 5.74) is 5.61. The number of nitrogens with two attached hydrogens (primary N) is 1. The van der Waals surface area contributed by atoms with Crippen LogP contribution in [0, 0.1) is 0 Å². The molecule has 1 aromatic carbocycles. The lowest BCUT2D eigenvalue weighted by Gasteiger charge is -2.08. The molecular formula is C9H9BrN2O3. The van der Waals surface area contributed by atoms with E-state index >= 15 is 0 Å². The average Bonchev–Trinajstić information content (AvgIpc) is 2.16. The van der Waals surface area contributed by atoms with E-state index in [9.17, 15) is 9.59 Å². The van der Waals surface area contributed by atoms with Crippen molar-refractivity contribution in [1.29, 1.82) is 0 Å². The number of aliphatic carboxylic acids is 1. The van der Waals surface area contributed by atoms with E-state index < -0.39 is 17.9 Å². The van der Waals surface area contributed by atoms with Gasteiger partial charge in [0.2, 0.25) is 0 Å². The highest BCUT2D eigenvalue weighted by atomic mass is 79.9. The molecule has 0 radical (unpaired) electrons. The first kappa shape index (κ1) is 11.7. The second kappa shape index (κ2) is 4.90. The van der Waals surface area contributed by atoms with Crippen LogP contribution in [0.5, 0.6) is 0 Å². The minimum atomic E-state index is -1.55. The van der Waals surface area contributed by atoms with Crippen LogP contribution in [-0.2, 0) is 9.59 Å². The minimum Gasteiger partial charge on any atom is -0.480 e. The molecule has 1 rings (SSSR count). The van der Waals surface area contributed by atoms with Crippen molar-refractivity contribution in [2.24, 2.45) is 5.73 Å². The first-order valence-corrected chi connectivity index (χ1v) is 4.85. The number of nitrogens with one attached hydrogen (secondary N) is 1. The molecular weight excluding hydrogens is 264 g/mol. The number of rotatable bonds is 3. The van der Waals surface area contributed by atoms with Gasteiger partial charge in [-0.2, -0.15) is 0 Å².